The summed E-state index contributed by atoms with van der Waals surface area (Å²) in [6.07, 6.45) is 3.18. The molecule has 1 N–H and O–H groups in total. The van der Waals surface area contributed by atoms with E-state index in [1.54, 1.807) is 0 Å². The third kappa shape index (κ3) is 2.35. The topological polar surface area (TPSA) is 32.3 Å². The minimum Gasteiger partial charge on any atom is -0.318 e. The summed E-state index contributed by atoms with van der Waals surface area (Å²) in [5, 5.41) is 3.55. The summed E-state index contributed by atoms with van der Waals surface area (Å²) in [4.78, 5) is 14.8. The van der Waals surface area contributed by atoms with Gasteiger partial charge in [0.15, 0.2) is 0 Å². The highest BCUT2D eigenvalue weighted by Gasteiger charge is 2.49. The number of carbonyl (C=O) groups excluding carboxylic acids is 1. The molecule has 2 fully saturated rings. The zero-order valence-corrected chi connectivity index (χ0v) is 12.6. The van der Waals surface area contributed by atoms with Gasteiger partial charge in [0.25, 0.3) is 0 Å². The first-order valence-electron chi connectivity index (χ1n) is 7.76. The van der Waals surface area contributed by atoms with Crippen molar-refractivity contribution in [2.24, 2.45) is 5.92 Å². The molecule has 1 amide bonds. The summed E-state index contributed by atoms with van der Waals surface area (Å²) in [6, 6.07) is 8.94. The van der Waals surface area contributed by atoms with Crippen molar-refractivity contribution in [2.75, 3.05) is 0 Å². The van der Waals surface area contributed by atoms with Gasteiger partial charge in [-0.1, -0.05) is 50.1 Å². The Morgan fingerprint density at radius 1 is 1.40 bits per heavy atom. The summed E-state index contributed by atoms with van der Waals surface area (Å²) in [5.74, 6) is 0.946. The van der Waals surface area contributed by atoms with E-state index in [9.17, 15) is 4.79 Å². The average molecular weight is 272 g/mol. The summed E-state index contributed by atoms with van der Waals surface area (Å²) >= 11 is 0. The molecule has 20 heavy (non-hydrogen) atoms. The average Bonchev–Trinajstić information content (AvgIpc) is 3.04. The van der Waals surface area contributed by atoms with Gasteiger partial charge in [-0.25, -0.2) is 0 Å². The molecule has 4 atom stereocenters. The Morgan fingerprint density at radius 3 is 2.75 bits per heavy atom. The fourth-order valence-corrected chi connectivity index (χ4v) is 3.29. The van der Waals surface area contributed by atoms with E-state index in [0.717, 1.165) is 19.3 Å². The Bertz CT molecular complexity index is 513. The molecule has 108 valence electrons. The number of amides is 1. The second kappa shape index (κ2) is 5.21. The molecule has 2 aliphatic rings. The van der Waals surface area contributed by atoms with Crippen LogP contribution >= 0.6 is 0 Å². The predicted molar refractivity (Wildman–Crippen MR) is 80.2 cm³/mol. The molecule has 3 heteroatoms. The van der Waals surface area contributed by atoms with Gasteiger partial charge in [-0.3, -0.25) is 10.1 Å². The van der Waals surface area contributed by atoms with Gasteiger partial charge >= 0.3 is 0 Å². The smallest absolute Gasteiger partial charge is 0.241 e. The molecule has 0 spiro atoms. The third-order valence-corrected chi connectivity index (χ3v) is 4.55. The maximum absolute atomic E-state index is 12.7. The summed E-state index contributed by atoms with van der Waals surface area (Å²) in [7, 11) is 0. The van der Waals surface area contributed by atoms with Gasteiger partial charge in [-0.2, -0.15) is 0 Å². The number of aryl methyl sites for hydroxylation is 1. The van der Waals surface area contributed by atoms with Gasteiger partial charge in [0, 0.05) is 6.04 Å². The molecule has 0 bridgehead atoms. The van der Waals surface area contributed by atoms with Crippen molar-refractivity contribution in [3.63, 3.8) is 0 Å². The number of benzene rings is 1. The first-order valence-corrected chi connectivity index (χ1v) is 7.76. The molecule has 0 aromatic heterocycles. The molecule has 1 aromatic carbocycles. The van der Waals surface area contributed by atoms with Crippen molar-refractivity contribution in [1.82, 2.24) is 10.2 Å². The quantitative estimate of drug-likeness (QED) is 0.914. The van der Waals surface area contributed by atoms with Crippen LogP contribution in [-0.2, 0) is 4.79 Å². The van der Waals surface area contributed by atoms with Gasteiger partial charge < -0.3 is 4.90 Å². The zero-order valence-electron chi connectivity index (χ0n) is 12.6. The Hall–Kier alpha value is -1.35. The Kier molecular flexibility index (Phi) is 3.55. The van der Waals surface area contributed by atoms with Crippen LogP contribution in [0.1, 0.15) is 50.4 Å². The van der Waals surface area contributed by atoms with Crippen LogP contribution in [0.25, 0.3) is 0 Å². The molecule has 1 heterocycles. The lowest BCUT2D eigenvalue weighted by Gasteiger charge is -2.25. The molecule has 3 nitrogen and oxygen atoms in total. The normalized spacial score (nSPS) is 32.8. The van der Waals surface area contributed by atoms with Crippen LogP contribution in [0.15, 0.2) is 24.3 Å². The van der Waals surface area contributed by atoms with E-state index in [0.29, 0.717) is 17.9 Å². The van der Waals surface area contributed by atoms with E-state index in [4.69, 9.17) is 0 Å². The molecule has 1 saturated heterocycles. The lowest BCUT2D eigenvalue weighted by atomic mass is 10.1. The molecule has 1 aliphatic carbocycles. The fourth-order valence-electron chi connectivity index (χ4n) is 3.29. The summed E-state index contributed by atoms with van der Waals surface area (Å²) in [6.45, 7) is 6.48. The monoisotopic (exact) mass is 272 g/mol. The Morgan fingerprint density at radius 2 is 2.15 bits per heavy atom. The number of carbonyl (C=O) groups is 1. The van der Waals surface area contributed by atoms with Crippen molar-refractivity contribution < 1.29 is 4.79 Å². The number of nitrogens with one attached hydrogen (secondary N) is 1. The second-order valence-electron chi connectivity index (χ2n) is 6.35. The highest BCUT2D eigenvalue weighted by atomic mass is 16.2. The molecule has 1 aliphatic heterocycles. The molecular weight excluding hydrogens is 248 g/mol. The van der Waals surface area contributed by atoms with Crippen LogP contribution in [-0.4, -0.2) is 22.9 Å². The standard InChI is InChI=1S/C17H24N2O/c1-4-6-14-17(20)19(15-10-12(15)3)16(18-14)13-8-5-7-11(2)9-13/h5,7-9,12,14-16,18H,4,6,10H2,1-3H3. The first kappa shape index (κ1) is 13.6. The van der Waals surface area contributed by atoms with Gasteiger partial charge in [0.05, 0.1) is 6.04 Å². The number of hydrogen-bond acceptors (Lipinski definition) is 2. The SMILES string of the molecule is CCCC1NC(c2cccc(C)c2)N(C2CC2C)C1=O. The van der Waals surface area contributed by atoms with Gasteiger partial charge in [-0.05, 0) is 31.2 Å². The van der Waals surface area contributed by atoms with Gasteiger partial charge in [0.1, 0.15) is 6.17 Å². The van der Waals surface area contributed by atoms with E-state index in [2.05, 4.69) is 55.3 Å². The van der Waals surface area contributed by atoms with E-state index >= 15 is 0 Å². The van der Waals surface area contributed by atoms with Crippen LogP contribution in [0.3, 0.4) is 0 Å². The van der Waals surface area contributed by atoms with Crippen LogP contribution in [0.5, 0.6) is 0 Å². The second-order valence-corrected chi connectivity index (χ2v) is 6.35. The van der Waals surface area contributed by atoms with Crippen LogP contribution in [0.4, 0.5) is 0 Å². The maximum Gasteiger partial charge on any atom is 0.241 e. The van der Waals surface area contributed by atoms with Crippen LogP contribution in [0.2, 0.25) is 0 Å². The van der Waals surface area contributed by atoms with Gasteiger partial charge in [0.2, 0.25) is 5.91 Å². The van der Waals surface area contributed by atoms with Crippen LogP contribution in [0, 0.1) is 12.8 Å². The molecule has 0 radical (unpaired) electrons. The van der Waals surface area contributed by atoms with E-state index < -0.39 is 0 Å². The fraction of sp³-hybridized carbons (Fsp3) is 0.588. The number of rotatable bonds is 4. The maximum atomic E-state index is 12.7. The predicted octanol–water partition coefficient (Wildman–Crippen LogP) is 3.00. The highest BCUT2D eigenvalue weighted by molar-refractivity contribution is 5.85. The Balaban J connectivity index is 1.89. The molecule has 3 rings (SSSR count). The molecule has 1 aromatic rings. The van der Waals surface area contributed by atoms with Crippen LogP contribution < -0.4 is 5.32 Å². The summed E-state index contributed by atoms with van der Waals surface area (Å²) in [5.41, 5.74) is 2.47. The highest BCUT2D eigenvalue weighted by Crippen LogP contribution is 2.42. The van der Waals surface area contributed by atoms with Crippen molar-refractivity contribution in [3.05, 3.63) is 35.4 Å². The van der Waals surface area contributed by atoms with E-state index in [-0.39, 0.29) is 12.2 Å². The van der Waals surface area contributed by atoms with Crippen molar-refractivity contribution in [3.8, 4) is 0 Å². The number of nitrogens with zero attached hydrogens (tertiary/aromatic N) is 1. The summed E-state index contributed by atoms with van der Waals surface area (Å²) < 4.78 is 0. The largest absolute Gasteiger partial charge is 0.318 e. The van der Waals surface area contributed by atoms with Crippen molar-refractivity contribution in [1.29, 1.82) is 0 Å². The van der Waals surface area contributed by atoms with Crippen molar-refractivity contribution in [2.45, 2.75) is 58.3 Å². The van der Waals surface area contributed by atoms with Gasteiger partial charge in [-0.15, -0.1) is 0 Å². The first-order chi connectivity index (χ1) is 9.61. The third-order valence-electron chi connectivity index (χ3n) is 4.55. The molecule has 1 saturated carbocycles. The van der Waals surface area contributed by atoms with Crippen molar-refractivity contribution >= 4 is 5.91 Å². The number of hydrogen-bond donors (Lipinski definition) is 1. The minimum absolute atomic E-state index is 0.00156. The lowest BCUT2D eigenvalue weighted by Crippen LogP contribution is -2.33. The zero-order chi connectivity index (χ0) is 14.3. The Labute approximate surface area is 121 Å². The van der Waals surface area contributed by atoms with E-state index in [1.807, 2.05) is 0 Å². The molecule has 4 unspecified atom stereocenters. The lowest BCUT2D eigenvalue weighted by molar-refractivity contribution is -0.131. The molecular formula is C17H24N2O. The minimum atomic E-state index is -0.00156. The van der Waals surface area contributed by atoms with E-state index in [1.165, 1.54) is 11.1 Å².